The number of nitro benzene ring substituents is 1. The molecule has 12 heteroatoms. The van der Waals surface area contributed by atoms with Gasteiger partial charge in [-0.1, -0.05) is 29.5 Å². The predicted molar refractivity (Wildman–Crippen MR) is 158 cm³/mol. The smallest absolute Gasteiger partial charge is 0.478 e. The van der Waals surface area contributed by atoms with E-state index in [2.05, 4.69) is 4.98 Å². The summed E-state index contributed by atoms with van der Waals surface area (Å²) in [7, 11) is 0. The Hall–Kier alpha value is -4.71. The maximum Gasteiger partial charge on any atom is 0.509 e. The van der Waals surface area contributed by atoms with Crippen LogP contribution in [-0.2, 0) is 20.9 Å². The summed E-state index contributed by atoms with van der Waals surface area (Å²) in [5.41, 5.74) is 1.79. The van der Waals surface area contributed by atoms with Gasteiger partial charge in [0.15, 0.2) is 0 Å². The van der Waals surface area contributed by atoms with Gasteiger partial charge in [-0.15, -0.1) is 0 Å². The highest BCUT2D eigenvalue weighted by Gasteiger charge is 2.58. The van der Waals surface area contributed by atoms with Crippen molar-refractivity contribution in [1.29, 1.82) is 0 Å². The van der Waals surface area contributed by atoms with E-state index in [-0.39, 0.29) is 24.2 Å². The first-order valence-corrected chi connectivity index (χ1v) is 14.2. The van der Waals surface area contributed by atoms with Gasteiger partial charge >= 0.3 is 12.1 Å². The monoisotopic (exact) mass is 605 g/mol. The molecule has 224 valence electrons. The Morgan fingerprint density at radius 1 is 1.12 bits per heavy atom. The zero-order valence-electron chi connectivity index (χ0n) is 24.1. The number of nitro groups is 1. The molecule has 2 aliphatic heterocycles. The van der Waals surface area contributed by atoms with E-state index in [9.17, 15) is 24.5 Å². The van der Waals surface area contributed by atoms with E-state index < -0.39 is 28.6 Å². The van der Waals surface area contributed by atoms with Crippen LogP contribution >= 0.6 is 11.8 Å². The Balaban J connectivity index is 0.000000324. The molecule has 43 heavy (non-hydrogen) atoms. The van der Waals surface area contributed by atoms with Crippen LogP contribution in [0.25, 0.3) is 0 Å². The van der Waals surface area contributed by atoms with Crippen molar-refractivity contribution in [3.63, 3.8) is 0 Å². The van der Waals surface area contributed by atoms with Crippen LogP contribution in [0.4, 0.5) is 10.5 Å². The van der Waals surface area contributed by atoms with E-state index in [1.165, 1.54) is 24.3 Å². The molecule has 11 nitrogen and oxygen atoms in total. The molecule has 0 aliphatic carbocycles. The van der Waals surface area contributed by atoms with Gasteiger partial charge in [-0.05, 0) is 69.2 Å². The number of nitrogens with zero attached hydrogens (tertiary/aromatic N) is 3. The quantitative estimate of drug-likeness (QED) is 0.134. The number of non-ortho nitro benzene ring substituents is 1. The fourth-order valence-corrected chi connectivity index (χ4v) is 5.94. The number of carboxylic acids is 1. The van der Waals surface area contributed by atoms with Crippen LogP contribution in [0.5, 0.6) is 0 Å². The number of aromatic carboxylic acids is 1. The molecule has 1 amide bonds. The van der Waals surface area contributed by atoms with Crippen LogP contribution in [0.2, 0.25) is 0 Å². The van der Waals surface area contributed by atoms with Gasteiger partial charge in [0, 0.05) is 46.9 Å². The third-order valence-electron chi connectivity index (χ3n) is 7.07. The van der Waals surface area contributed by atoms with Gasteiger partial charge in [0.05, 0.1) is 22.4 Å². The standard InChI is InChI=1S/C22H21N3O6S.C9H10O2/c1-22(2,31-21(27)30-13-14-3-5-15(6-4-14)25(28)29)19-18-11-17(12-24(18)20(19)26)32-16-7-9-23-10-8-16;1-6-3-4-8(9(10)11)7(2)5-6/h3-10,12,18-19H,11,13H2,1-2H3;3-5H,1-2H3,(H,10,11)/t18-,19-;/m1./s1. The molecule has 0 bridgehead atoms. The number of ether oxygens (including phenoxy) is 2. The van der Waals surface area contributed by atoms with Crippen LogP contribution in [0, 0.1) is 29.9 Å². The number of amides is 1. The number of β-lactam (4-membered cyclic amide) rings is 1. The Morgan fingerprint density at radius 3 is 2.40 bits per heavy atom. The number of aromatic nitrogens is 1. The molecule has 3 heterocycles. The molecule has 1 fully saturated rings. The molecular formula is C31H31N3O8S. The molecule has 0 radical (unpaired) electrons. The van der Waals surface area contributed by atoms with Gasteiger partial charge in [-0.25, -0.2) is 9.59 Å². The Kier molecular flexibility index (Phi) is 9.50. The SMILES string of the molecule is CC(C)(OC(=O)OCc1ccc([N+](=O)[O-])cc1)[C@H]1C(=O)N2C=C(Sc3ccncc3)C[C@H]12.Cc1ccc(C(=O)O)c(C)c1. The van der Waals surface area contributed by atoms with E-state index in [0.717, 1.165) is 20.9 Å². The minimum atomic E-state index is -1.05. The first kappa shape index (κ1) is 31.2. The number of thioether (sulfide) groups is 1. The fraction of sp³-hybridized carbons (Fsp3) is 0.290. The number of hydrogen-bond donors (Lipinski definition) is 1. The lowest BCUT2D eigenvalue weighted by Gasteiger charge is -2.48. The number of pyridine rings is 1. The third kappa shape index (κ3) is 7.58. The van der Waals surface area contributed by atoms with Gasteiger partial charge in [0.2, 0.25) is 5.91 Å². The molecule has 3 aromatic rings. The molecule has 0 unspecified atom stereocenters. The predicted octanol–water partition coefficient (Wildman–Crippen LogP) is 6.29. The van der Waals surface area contributed by atoms with Crippen molar-refractivity contribution in [2.75, 3.05) is 0 Å². The lowest BCUT2D eigenvalue weighted by molar-refractivity contribution is -0.384. The number of fused-ring (bicyclic) bond motifs is 1. The highest BCUT2D eigenvalue weighted by atomic mass is 32.2. The molecule has 0 spiro atoms. The second-order valence-electron chi connectivity index (χ2n) is 10.7. The number of carboxylic acid groups (broad SMARTS) is 1. The topological polar surface area (TPSA) is 149 Å². The summed E-state index contributed by atoms with van der Waals surface area (Å²) in [6, 6.07) is 14.8. The highest BCUT2D eigenvalue weighted by Crippen LogP contribution is 2.47. The number of aryl methyl sites for hydroxylation is 2. The van der Waals surface area contributed by atoms with Crippen LogP contribution in [0.3, 0.4) is 0 Å². The number of carbonyl (C=O) groups excluding carboxylic acids is 2. The van der Waals surface area contributed by atoms with Crippen molar-refractivity contribution in [2.45, 2.75) is 57.3 Å². The lowest BCUT2D eigenvalue weighted by atomic mass is 9.76. The highest BCUT2D eigenvalue weighted by molar-refractivity contribution is 8.03. The number of carbonyl (C=O) groups is 3. The molecular weight excluding hydrogens is 574 g/mol. The summed E-state index contributed by atoms with van der Waals surface area (Å²) in [6.07, 6.45) is 5.10. The largest absolute Gasteiger partial charge is 0.509 e. The Labute approximate surface area is 252 Å². The van der Waals surface area contributed by atoms with Crippen molar-refractivity contribution >= 4 is 35.5 Å². The van der Waals surface area contributed by atoms with E-state index >= 15 is 0 Å². The first-order chi connectivity index (χ1) is 20.4. The van der Waals surface area contributed by atoms with E-state index in [0.29, 0.717) is 17.5 Å². The maximum absolute atomic E-state index is 12.7. The van der Waals surface area contributed by atoms with Crippen LogP contribution in [0.15, 0.2) is 83.0 Å². The van der Waals surface area contributed by atoms with Crippen molar-refractivity contribution in [1.82, 2.24) is 9.88 Å². The molecule has 1 aromatic heterocycles. The Morgan fingerprint density at radius 2 is 1.79 bits per heavy atom. The van der Waals surface area contributed by atoms with Crippen molar-refractivity contribution < 1.29 is 33.9 Å². The van der Waals surface area contributed by atoms with Crippen LogP contribution in [-0.4, -0.2) is 49.6 Å². The van der Waals surface area contributed by atoms with Gasteiger partial charge in [-0.2, -0.15) is 0 Å². The fourth-order valence-electron chi connectivity index (χ4n) is 4.96. The number of rotatable bonds is 8. The Bertz CT molecular complexity index is 1560. The first-order valence-electron chi connectivity index (χ1n) is 13.4. The third-order valence-corrected chi connectivity index (χ3v) is 8.11. The number of benzene rings is 2. The molecule has 1 N–H and O–H groups in total. The molecule has 2 aliphatic rings. The molecule has 2 atom stereocenters. The zero-order chi connectivity index (χ0) is 31.3. The minimum absolute atomic E-state index is 0.0443. The normalized spacial score (nSPS) is 17.1. The number of hydrogen-bond acceptors (Lipinski definition) is 9. The summed E-state index contributed by atoms with van der Waals surface area (Å²) >= 11 is 1.59. The summed E-state index contributed by atoms with van der Waals surface area (Å²) < 4.78 is 10.7. The molecule has 2 aromatic carbocycles. The van der Waals surface area contributed by atoms with Gasteiger partial charge in [0.1, 0.15) is 12.2 Å². The zero-order valence-corrected chi connectivity index (χ0v) is 24.9. The summed E-state index contributed by atoms with van der Waals surface area (Å²) in [5.74, 6) is -1.42. The van der Waals surface area contributed by atoms with Gasteiger partial charge in [0.25, 0.3) is 5.69 Å². The van der Waals surface area contributed by atoms with Gasteiger partial charge < -0.3 is 19.5 Å². The summed E-state index contributed by atoms with van der Waals surface area (Å²) in [6.45, 7) is 7.06. The average Bonchev–Trinajstić information content (AvgIpc) is 3.29. The molecule has 1 saturated heterocycles. The van der Waals surface area contributed by atoms with Crippen molar-refractivity contribution in [2.24, 2.45) is 5.92 Å². The lowest BCUT2D eigenvalue weighted by Crippen LogP contribution is -2.64. The van der Waals surface area contributed by atoms with Crippen molar-refractivity contribution in [3.05, 3.63) is 110 Å². The van der Waals surface area contributed by atoms with E-state index in [4.69, 9.17) is 14.6 Å². The minimum Gasteiger partial charge on any atom is -0.478 e. The average molecular weight is 606 g/mol. The molecule has 0 saturated carbocycles. The summed E-state index contributed by atoms with van der Waals surface area (Å²) in [4.78, 5) is 53.5. The van der Waals surface area contributed by atoms with Crippen molar-refractivity contribution in [3.8, 4) is 0 Å². The maximum atomic E-state index is 12.7. The van der Waals surface area contributed by atoms with E-state index in [1.807, 2.05) is 31.3 Å². The molecule has 5 rings (SSSR count). The van der Waals surface area contributed by atoms with Crippen LogP contribution in [0.1, 0.15) is 47.3 Å². The van der Waals surface area contributed by atoms with E-state index in [1.54, 1.807) is 62.0 Å². The van der Waals surface area contributed by atoms with Gasteiger partial charge in [-0.3, -0.25) is 19.9 Å². The second kappa shape index (κ2) is 13.1. The van der Waals surface area contributed by atoms with Crippen LogP contribution < -0.4 is 0 Å². The summed E-state index contributed by atoms with van der Waals surface area (Å²) in [5, 5.41) is 19.4. The second-order valence-corrected chi connectivity index (χ2v) is 11.9.